The molecule has 1 heterocycles. The summed E-state index contributed by atoms with van der Waals surface area (Å²) in [6.07, 6.45) is -3.77. The molecule has 0 amide bonds. The summed E-state index contributed by atoms with van der Waals surface area (Å²) >= 11 is 0. The van der Waals surface area contributed by atoms with Crippen LogP contribution in [0.5, 0.6) is 0 Å². The Morgan fingerprint density at radius 2 is 2.18 bits per heavy atom. The van der Waals surface area contributed by atoms with Crippen LogP contribution >= 0.6 is 0 Å². The molecular formula is C11H8F3NO2. The zero-order chi connectivity index (χ0) is 12.9. The number of hydrogen-bond acceptors (Lipinski definition) is 3. The summed E-state index contributed by atoms with van der Waals surface area (Å²) in [7, 11) is 0. The lowest BCUT2D eigenvalue weighted by Crippen LogP contribution is -2.05. The molecule has 0 bridgehead atoms. The number of aromatic nitrogens is 1. The lowest BCUT2D eigenvalue weighted by Gasteiger charge is -2.04. The Morgan fingerprint density at radius 3 is 2.65 bits per heavy atom. The molecule has 3 nitrogen and oxygen atoms in total. The van der Waals surface area contributed by atoms with E-state index in [1.54, 1.807) is 6.92 Å². The van der Waals surface area contributed by atoms with Gasteiger partial charge in [-0.25, -0.2) is 9.78 Å². The SMILES string of the molecule is CCOC(=O)C#Cc1ccc(C(F)(F)F)cn1. The molecule has 0 saturated carbocycles. The van der Waals surface area contributed by atoms with Gasteiger partial charge in [-0.1, -0.05) is 0 Å². The first-order chi connectivity index (χ1) is 7.93. The van der Waals surface area contributed by atoms with Crippen LogP contribution in [0.25, 0.3) is 0 Å². The smallest absolute Gasteiger partial charge is 0.417 e. The van der Waals surface area contributed by atoms with E-state index in [9.17, 15) is 18.0 Å². The molecule has 0 aliphatic rings. The Balaban J connectivity index is 2.79. The van der Waals surface area contributed by atoms with Crippen molar-refractivity contribution in [2.24, 2.45) is 0 Å². The second-order valence-corrected chi connectivity index (χ2v) is 2.90. The van der Waals surface area contributed by atoms with Gasteiger partial charge in [0.15, 0.2) is 0 Å². The van der Waals surface area contributed by atoms with E-state index in [4.69, 9.17) is 0 Å². The first-order valence-electron chi connectivity index (χ1n) is 4.65. The van der Waals surface area contributed by atoms with Crippen LogP contribution in [0.1, 0.15) is 18.2 Å². The molecule has 0 unspecified atom stereocenters. The molecule has 0 aliphatic heterocycles. The number of nitrogens with zero attached hydrogens (tertiary/aromatic N) is 1. The van der Waals surface area contributed by atoms with Crippen LogP contribution in [0.2, 0.25) is 0 Å². The number of carbonyl (C=O) groups is 1. The van der Waals surface area contributed by atoms with E-state index in [-0.39, 0.29) is 12.3 Å². The number of rotatable bonds is 1. The maximum atomic E-state index is 12.2. The third-order valence-corrected chi connectivity index (χ3v) is 1.66. The van der Waals surface area contributed by atoms with Crippen molar-refractivity contribution in [1.29, 1.82) is 0 Å². The highest BCUT2D eigenvalue weighted by Gasteiger charge is 2.30. The minimum Gasteiger partial charge on any atom is -0.456 e. The van der Waals surface area contributed by atoms with Gasteiger partial charge in [0.1, 0.15) is 5.69 Å². The number of halogens is 3. The van der Waals surface area contributed by atoms with Crippen LogP contribution in [0.4, 0.5) is 13.2 Å². The summed E-state index contributed by atoms with van der Waals surface area (Å²) < 4.78 is 41.1. The molecule has 90 valence electrons. The van der Waals surface area contributed by atoms with E-state index in [1.807, 2.05) is 0 Å². The van der Waals surface area contributed by atoms with Gasteiger partial charge in [-0.05, 0) is 25.0 Å². The van der Waals surface area contributed by atoms with Crippen molar-refractivity contribution in [2.45, 2.75) is 13.1 Å². The minimum absolute atomic E-state index is 0.0750. The Labute approximate surface area is 95.6 Å². The second kappa shape index (κ2) is 5.34. The van der Waals surface area contributed by atoms with E-state index in [2.05, 4.69) is 21.6 Å². The quantitative estimate of drug-likeness (QED) is 0.559. The topological polar surface area (TPSA) is 39.2 Å². The van der Waals surface area contributed by atoms with Gasteiger partial charge in [0.05, 0.1) is 12.2 Å². The fourth-order valence-electron chi connectivity index (χ4n) is 0.918. The molecule has 17 heavy (non-hydrogen) atoms. The summed E-state index contributed by atoms with van der Waals surface area (Å²) in [5.74, 6) is 3.67. The highest BCUT2D eigenvalue weighted by Crippen LogP contribution is 2.28. The van der Waals surface area contributed by atoms with Gasteiger partial charge < -0.3 is 4.74 Å². The molecule has 1 aromatic rings. The Hall–Kier alpha value is -2.03. The standard InChI is InChI=1S/C11H8F3NO2/c1-2-17-10(16)6-5-9-4-3-8(7-15-9)11(12,13)14/h3-4,7H,2H2,1H3. The molecule has 0 atom stereocenters. The van der Waals surface area contributed by atoms with Crippen LogP contribution in [-0.2, 0) is 15.7 Å². The molecule has 0 radical (unpaired) electrons. The average Bonchev–Trinajstić information content (AvgIpc) is 2.26. The molecule has 1 aromatic heterocycles. The predicted octanol–water partition coefficient (Wildman–Crippen LogP) is 2.01. The first-order valence-corrected chi connectivity index (χ1v) is 4.65. The first kappa shape index (κ1) is 13.0. The van der Waals surface area contributed by atoms with Crippen LogP contribution < -0.4 is 0 Å². The van der Waals surface area contributed by atoms with E-state index in [1.165, 1.54) is 0 Å². The largest absolute Gasteiger partial charge is 0.456 e. The van der Waals surface area contributed by atoms with Crippen molar-refractivity contribution in [1.82, 2.24) is 4.98 Å². The fraction of sp³-hybridized carbons (Fsp3) is 0.273. The molecular weight excluding hydrogens is 235 g/mol. The van der Waals surface area contributed by atoms with Crippen LogP contribution in [-0.4, -0.2) is 17.6 Å². The van der Waals surface area contributed by atoms with Gasteiger partial charge in [-0.2, -0.15) is 13.2 Å². The number of hydrogen-bond donors (Lipinski definition) is 0. The predicted molar refractivity (Wildman–Crippen MR) is 52.8 cm³/mol. The molecule has 0 aromatic carbocycles. The molecule has 0 N–H and O–H groups in total. The summed E-state index contributed by atoms with van der Waals surface area (Å²) in [5, 5.41) is 0. The van der Waals surface area contributed by atoms with Crippen LogP contribution in [0, 0.1) is 11.8 Å². The Kier molecular flexibility index (Phi) is 4.10. The summed E-state index contributed by atoms with van der Waals surface area (Å²) in [6, 6.07) is 1.94. The Morgan fingerprint density at radius 1 is 1.47 bits per heavy atom. The number of esters is 1. The molecule has 6 heteroatoms. The molecule has 0 fully saturated rings. The fourth-order valence-corrected chi connectivity index (χ4v) is 0.918. The minimum atomic E-state index is -4.43. The van der Waals surface area contributed by atoms with Crippen molar-refractivity contribution >= 4 is 5.97 Å². The zero-order valence-corrected chi connectivity index (χ0v) is 8.84. The lowest BCUT2D eigenvalue weighted by molar-refractivity contribution is -0.138. The third kappa shape index (κ3) is 4.15. The van der Waals surface area contributed by atoms with Gasteiger partial charge in [-0.15, -0.1) is 0 Å². The van der Waals surface area contributed by atoms with Gasteiger partial charge in [0.2, 0.25) is 0 Å². The number of pyridine rings is 1. The molecule has 0 saturated heterocycles. The highest BCUT2D eigenvalue weighted by molar-refractivity contribution is 5.88. The van der Waals surface area contributed by atoms with E-state index < -0.39 is 17.7 Å². The summed E-state index contributed by atoms with van der Waals surface area (Å²) in [4.78, 5) is 14.3. The summed E-state index contributed by atoms with van der Waals surface area (Å²) in [5.41, 5.74) is -0.787. The van der Waals surface area contributed by atoms with Crippen molar-refractivity contribution in [2.75, 3.05) is 6.61 Å². The van der Waals surface area contributed by atoms with Crippen LogP contribution in [0.3, 0.4) is 0 Å². The van der Waals surface area contributed by atoms with E-state index >= 15 is 0 Å². The summed E-state index contributed by atoms with van der Waals surface area (Å²) in [6.45, 7) is 1.81. The van der Waals surface area contributed by atoms with Gasteiger partial charge >= 0.3 is 12.1 Å². The van der Waals surface area contributed by atoms with Gasteiger partial charge in [0.25, 0.3) is 0 Å². The lowest BCUT2D eigenvalue weighted by atomic mass is 10.2. The normalized spacial score (nSPS) is 10.4. The maximum Gasteiger partial charge on any atom is 0.417 e. The molecule has 0 spiro atoms. The Bertz CT molecular complexity index is 454. The highest BCUT2D eigenvalue weighted by atomic mass is 19.4. The van der Waals surface area contributed by atoms with Crippen molar-refractivity contribution < 1.29 is 22.7 Å². The van der Waals surface area contributed by atoms with Crippen molar-refractivity contribution in [3.8, 4) is 11.8 Å². The van der Waals surface area contributed by atoms with Crippen LogP contribution in [0.15, 0.2) is 18.3 Å². The van der Waals surface area contributed by atoms with Gasteiger partial charge in [0, 0.05) is 12.1 Å². The number of ether oxygens (including phenoxy) is 1. The van der Waals surface area contributed by atoms with Crippen molar-refractivity contribution in [3.63, 3.8) is 0 Å². The monoisotopic (exact) mass is 243 g/mol. The molecule has 1 rings (SSSR count). The van der Waals surface area contributed by atoms with Gasteiger partial charge in [-0.3, -0.25) is 0 Å². The van der Waals surface area contributed by atoms with Crippen molar-refractivity contribution in [3.05, 3.63) is 29.6 Å². The maximum absolute atomic E-state index is 12.2. The molecule has 0 aliphatic carbocycles. The zero-order valence-electron chi connectivity index (χ0n) is 8.84. The third-order valence-electron chi connectivity index (χ3n) is 1.66. The van der Waals surface area contributed by atoms with E-state index in [0.29, 0.717) is 6.20 Å². The van der Waals surface area contributed by atoms with E-state index in [0.717, 1.165) is 12.1 Å². The average molecular weight is 243 g/mol. The number of alkyl halides is 3. The second-order valence-electron chi connectivity index (χ2n) is 2.90. The number of carbonyl (C=O) groups excluding carboxylic acids is 1.